The van der Waals surface area contributed by atoms with Gasteiger partial charge in [-0.1, -0.05) is 11.6 Å². The van der Waals surface area contributed by atoms with Crippen molar-refractivity contribution in [3.8, 4) is 17.2 Å². The van der Waals surface area contributed by atoms with Crippen LogP contribution in [0, 0.1) is 0 Å². The summed E-state index contributed by atoms with van der Waals surface area (Å²) in [6.07, 6.45) is 3.32. The minimum atomic E-state index is -1.35. The fourth-order valence-electron chi connectivity index (χ4n) is 2.60. The van der Waals surface area contributed by atoms with Gasteiger partial charge in [0.25, 0.3) is 5.56 Å². The highest BCUT2D eigenvalue weighted by Crippen LogP contribution is 2.17. The minimum absolute atomic E-state index is 0.160. The van der Waals surface area contributed by atoms with Gasteiger partial charge in [-0.15, -0.1) is 0 Å². The number of benzene rings is 1. The van der Waals surface area contributed by atoms with Crippen LogP contribution in [0.3, 0.4) is 0 Å². The summed E-state index contributed by atoms with van der Waals surface area (Å²) in [6, 6.07) is 13.4. The Kier molecular flexibility index (Phi) is 6.94. The molecule has 0 amide bonds. The van der Waals surface area contributed by atoms with Gasteiger partial charge in [0.05, 0.1) is 17.3 Å². The first-order valence-electron chi connectivity index (χ1n) is 9.46. The molecule has 0 saturated heterocycles. The van der Waals surface area contributed by atoms with Crippen molar-refractivity contribution < 1.29 is 19.4 Å². The predicted octanol–water partition coefficient (Wildman–Crippen LogP) is 3.04. The van der Waals surface area contributed by atoms with Gasteiger partial charge in [0.1, 0.15) is 23.6 Å². The van der Waals surface area contributed by atoms with E-state index in [1.165, 1.54) is 23.8 Å². The Bertz CT molecular complexity index is 1100. The van der Waals surface area contributed by atoms with Crippen LogP contribution in [0.5, 0.6) is 11.5 Å². The Labute approximate surface area is 183 Å². The smallest absolute Gasteiger partial charge is 0.323 e. The quantitative estimate of drug-likeness (QED) is 0.522. The predicted molar refractivity (Wildman–Crippen MR) is 116 cm³/mol. The topological polar surface area (TPSA) is 117 Å². The first-order chi connectivity index (χ1) is 14.7. The lowest BCUT2D eigenvalue weighted by Gasteiger charge is -2.19. The average molecular weight is 444 g/mol. The Morgan fingerprint density at radius 3 is 2.52 bits per heavy atom. The van der Waals surface area contributed by atoms with Gasteiger partial charge in [-0.2, -0.15) is 0 Å². The van der Waals surface area contributed by atoms with E-state index in [9.17, 15) is 9.59 Å². The summed E-state index contributed by atoms with van der Waals surface area (Å²) in [5, 5.41) is 9.56. The molecule has 1 atom stereocenters. The number of halogens is 1. The molecule has 31 heavy (non-hydrogen) atoms. The van der Waals surface area contributed by atoms with Gasteiger partial charge in [0.2, 0.25) is 0 Å². The number of aromatic nitrogens is 2. The van der Waals surface area contributed by atoms with Gasteiger partial charge in [-0.05, 0) is 49.4 Å². The summed E-state index contributed by atoms with van der Waals surface area (Å²) < 4.78 is 12.6. The molecule has 0 aliphatic rings. The number of pyridine rings is 2. The molecule has 2 aromatic heterocycles. The van der Waals surface area contributed by atoms with Crippen molar-refractivity contribution in [2.75, 3.05) is 6.61 Å². The highest BCUT2D eigenvalue weighted by Gasteiger charge is 2.27. The van der Waals surface area contributed by atoms with E-state index in [0.717, 1.165) is 0 Å². The van der Waals surface area contributed by atoms with E-state index >= 15 is 0 Å². The zero-order valence-electron chi connectivity index (χ0n) is 16.8. The van der Waals surface area contributed by atoms with Crippen molar-refractivity contribution in [3.05, 3.63) is 82.0 Å². The molecule has 0 aliphatic heterocycles. The van der Waals surface area contributed by atoms with Gasteiger partial charge < -0.3 is 20.3 Å². The van der Waals surface area contributed by atoms with E-state index in [1.807, 2.05) is 0 Å². The molecule has 0 radical (unpaired) electrons. The molecule has 0 spiro atoms. The number of hydrogen-bond donors (Lipinski definition) is 2. The number of carboxylic acid groups (broad SMARTS) is 1. The Morgan fingerprint density at radius 1 is 1.16 bits per heavy atom. The normalized spacial score (nSPS) is 12.7. The Morgan fingerprint density at radius 2 is 1.90 bits per heavy atom. The van der Waals surface area contributed by atoms with Crippen molar-refractivity contribution in [3.63, 3.8) is 0 Å². The molecule has 9 heteroatoms. The van der Waals surface area contributed by atoms with E-state index in [-0.39, 0.29) is 25.2 Å². The molecule has 0 aliphatic carbocycles. The average Bonchev–Trinajstić information content (AvgIpc) is 2.74. The van der Waals surface area contributed by atoms with Gasteiger partial charge >= 0.3 is 5.97 Å². The number of rotatable bonds is 9. The maximum atomic E-state index is 12.5. The van der Waals surface area contributed by atoms with Gasteiger partial charge in [0, 0.05) is 30.6 Å². The second-order valence-electron chi connectivity index (χ2n) is 7.14. The van der Waals surface area contributed by atoms with Crippen molar-refractivity contribution in [1.82, 2.24) is 9.55 Å². The number of carbonyl (C=O) groups is 1. The maximum absolute atomic E-state index is 12.5. The number of nitrogens with two attached hydrogens (primary N) is 1. The lowest BCUT2D eigenvalue weighted by atomic mass is 10.0. The molecule has 0 bridgehead atoms. The highest BCUT2D eigenvalue weighted by atomic mass is 35.5. The van der Waals surface area contributed by atoms with Crippen LogP contribution >= 0.6 is 11.6 Å². The fourth-order valence-corrected chi connectivity index (χ4v) is 2.72. The molecule has 1 aromatic carbocycles. The van der Waals surface area contributed by atoms with E-state index < -0.39 is 11.5 Å². The van der Waals surface area contributed by atoms with Crippen molar-refractivity contribution in [2.45, 2.75) is 25.5 Å². The number of aliphatic carboxylic acids is 1. The number of ether oxygens (including phenoxy) is 2. The third-order valence-electron chi connectivity index (χ3n) is 4.56. The minimum Gasteiger partial charge on any atom is -0.494 e. The van der Waals surface area contributed by atoms with Crippen LogP contribution in [0.25, 0.3) is 5.69 Å². The van der Waals surface area contributed by atoms with Crippen LogP contribution in [-0.4, -0.2) is 32.8 Å². The van der Waals surface area contributed by atoms with Crippen molar-refractivity contribution >= 4 is 17.6 Å². The van der Waals surface area contributed by atoms with E-state index in [4.69, 9.17) is 31.9 Å². The lowest BCUT2D eigenvalue weighted by molar-refractivity contribution is -0.143. The largest absolute Gasteiger partial charge is 0.494 e. The molecular weight excluding hydrogens is 422 g/mol. The summed E-state index contributed by atoms with van der Waals surface area (Å²) in [4.78, 5) is 27.6. The molecule has 3 aromatic rings. The van der Waals surface area contributed by atoms with Crippen LogP contribution in [0.1, 0.15) is 19.0 Å². The first kappa shape index (κ1) is 22.3. The van der Waals surface area contributed by atoms with Gasteiger partial charge in [0.15, 0.2) is 0 Å². The molecule has 0 saturated carbocycles. The molecule has 2 heterocycles. The van der Waals surface area contributed by atoms with Crippen molar-refractivity contribution in [1.29, 1.82) is 0 Å². The molecule has 1 unspecified atom stereocenters. The van der Waals surface area contributed by atoms with Crippen LogP contribution in [0.15, 0.2) is 65.7 Å². The first-order valence-corrected chi connectivity index (χ1v) is 9.84. The molecule has 0 fully saturated rings. The van der Waals surface area contributed by atoms with Crippen LogP contribution in [0.4, 0.5) is 0 Å². The molecule has 162 valence electrons. The second kappa shape index (κ2) is 9.63. The Balaban J connectivity index is 1.60. The number of hydrogen-bond acceptors (Lipinski definition) is 6. The number of carboxylic acids is 1. The molecule has 8 nitrogen and oxygen atoms in total. The summed E-state index contributed by atoms with van der Waals surface area (Å²) in [5.41, 5.74) is 5.42. The van der Waals surface area contributed by atoms with Gasteiger partial charge in [-0.25, -0.2) is 0 Å². The van der Waals surface area contributed by atoms with Crippen LogP contribution in [-0.2, 0) is 11.4 Å². The van der Waals surface area contributed by atoms with Crippen LogP contribution in [0.2, 0.25) is 5.02 Å². The fraction of sp³-hybridized carbons (Fsp3) is 0.227. The SMILES string of the molecule is CC(N)(CCOc1ccc(-n2ccc(OCc3ccc(Cl)cn3)cc2=O)cc1)C(=O)O. The molecule has 3 N–H and O–H groups in total. The highest BCUT2D eigenvalue weighted by molar-refractivity contribution is 6.30. The monoisotopic (exact) mass is 443 g/mol. The number of nitrogens with zero attached hydrogens (tertiary/aromatic N) is 2. The summed E-state index contributed by atoms with van der Waals surface area (Å²) in [6.45, 7) is 1.82. The third kappa shape index (κ3) is 6.07. The molecule has 3 rings (SSSR count). The standard InChI is InChI=1S/C22H22ClN3O5/c1-22(24,21(28)29)9-11-30-18-6-4-17(5-7-18)26-10-8-19(12-20(26)27)31-14-16-3-2-15(23)13-25-16/h2-8,10,12-13H,9,11,14,24H2,1H3,(H,28,29). The molecular formula is C22H22ClN3O5. The van der Waals surface area contributed by atoms with Crippen LogP contribution < -0.4 is 20.8 Å². The van der Waals surface area contributed by atoms with E-state index in [1.54, 1.807) is 48.7 Å². The second-order valence-corrected chi connectivity index (χ2v) is 7.58. The summed E-state index contributed by atoms with van der Waals surface area (Å²) in [7, 11) is 0. The van der Waals surface area contributed by atoms with E-state index in [0.29, 0.717) is 27.9 Å². The lowest BCUT2D eigenvalue weighted by Crippen LogP contribution is -2.45. The zero-order chi connectivity index (χ0) is 22.4. The summed E-state index contributed by atoms with van der Waals surface area (Å²) >= 11 is 5.81. The van der Waals surface area contributed by atoms with Gasteiger partial charge in [-0.3, -0.25) is 19.1 Å². The third-order valence-corrected chi connectivity index (χ3v) is 4.78. The van der Waals surface area contributed by atoms with Crippen molar-refractivity contribution in [2.24, 2.45) is 5.73 Å². The maximum Gasteiger partial charge on any atom is 0.323 e. The Hall–Kier alpha value is -3.36. The zero-order valence-corrected chi connectivity index (χ0v) is 17.6. The van der Waals surface area contributed by atoms with E-state index in [2.05, 4.69) is 4.98 Å². The summed E-state index contributed by atoms with van der Waals surface area (Å²) in [5.74, 6) is -0.0997.